The number of benzene rings is 2. The first kappa shape index (κ1) is 15.1. The van der Waals surface area contributed by atoms with Crippen LogP contribution in [0, 0.1) is 6.92 Å². The summed E-state index contributed by atoms with van der Waals surface area (Å²) in [4.78, 5) is 15.7. The third-order valence-corrected chi connectivity index (χ3v) is 4.70. The minimum Gasteiger partial charge on any atom is -0.358 e. The average molecular weight is 340 g/mol. The van der Waals surface area contributed by atoms with Crippen molar-refractivity contribution in [1.29, 1.82) is 0 Å². The van der Waals surface area contributed by atoms with Crippen molar-refractivity contribution in [3.8, 4) is 0 Å². The molecule has 3 N–H and O–H groups in total. The van der Waals surface area contributed by atoms with Gasteiger partial charge in [-0.3, -0.25) is 0 Å². The first-order chi connectivity index (χ1) is 11.6. The van der Waals surface area contributed by atoms with E-state index >= 15 is 0 Å². The molecule has 4 nitrogen and oxygen atoms in total. The number of fused-ring (bicyclic) bond motifs is 3. The molecular weight excluding hydrogens is 322 g/mol. The lowest BCUT2D eigenvalue weighted by Gasteiger charge is -2.13. The van der Waals surface area contributed by atoms with E-state index in [-0.39, 0.29) is 12.1 Å². The lowest BCUT2D eigenvalue weighted by molar-refractivity contribution is 0.249. The molecule has 1 heterocycles. The summed E-state index contributed by atoms with van der Waals surface area (Å²) in [7, 11) is 0. The monoisotopic (exact) mass is 339 g/mol. The summed E-state index contributed by atoms with van der Waals surface area (Å²) in [5.74, 6) is 0. The Morgan fingerprint density at radius 3 is 2.92 bits per heavy atom. The van der Waals surface area contributed by atoms with Gasteiger partial charge in [0.15, 0.2) is 0 Å². The molecule has 122 valence electrons. The van der Waals surface area contributed by atoms with Crippen molar-refractivity contribution < 1.29 is 4.79 Å². The van der Waals surface area contributed by atoms with E-state index < -0.39 is 0 Å². The van der Waals surface area contributed by atoms with Crippen LogP contribution < -0.4 is 10.6 Å². The predicted molar refractivity (Wildman–Crippen MR) is 97.8 cm³/mol. The number of amides is 2. The van der Waals surface area contributed by atoms with Crippen LogP contribution >= 0.6 is 11.6 Å². The second kappa shape index (κ2) is 5.87. The molecule has 5 heteroatoms. The highest BCUT2D eigenvalue weighted by molar-refractivity contribution is 6.30. The Balaban J connectivity index is 1.45. The van der Waals surface area contributed by atoms with Crippen LogP contribution in [-0.2, 0) is 12.8 Å². The number of hydrogen-bond donors (Lipinski definition) is 3. The molecule has 1 atom stereocenters. The minimum absolute atomic E-state index is 0.107. The Kier molecular flexibility index (Phi) is 3.69. The maximum Gasteiger partial charge on any atom is 0.319 e. The lowest BCUT2D eigenvalue weighted by atomic mass is 10.1. The van der Waals surface area contributed by atoms with Gasteiger partial charge in [0, 0.05) is 39.8 Å². The zero-order chi connectivity index (χ0) is 16.7. The van der Waals surface area contributed by atoms with Gasteiger partial charge in [-0.15, -0.1) is 0 Å². The number of rotatable bonds is 2. The number of carbonyl (C=O) groups is 1. The van der Waals surface area contributed by atoms with Crippen LogP contribution in [0.15, 0.2) is 42.5 Å². The highest BCUT2D eigenvalue weighted by Gasteiger charge is 2.26. The van der Waals surface area contributed by atoms with Crippen molar-refractivity contribution in [3.63, 3.8) is 0 Å². The third-order valence-electron chi connectivity index (χ3n) is 4.47. The number of aromatic amines is 1. The van der Waals surface area contributed by atoms with Gasteiger partial charge in [-0.05, 0) is 49.2 Å². The molecule has 0 bridgehead atoms. The molecule has 1 unspecified atom stereocenters. The van der Waals surface area contributed by atoms with Gasteiger partial charge in [-0.25, -0.2) is 4.79 Å². The summed E-state index contributed by atoms with van der Waals surface area (Å²) in [6.45, 7) is 2.10. The molecule has 1 aromatic heterocycles. The van der Waals surface area contributed by atoms with E-state index in [0.717, 1.165) is 12.8 Å². The smallest absolute Gasteiger partial charge is 0.319 e. The summed E-state index contributed by atoms with van der Waals surface area (Å²) >= 11 is 5.94. The van der Waals surface area contributed by atoms with Crippen molar-refractivity contribution in [2.45, 2.75) is 25.8 Å². The van der Waals surface area contributed by atoms with E-state index in [1.54, 1.807) is 12.1 Å². The normalized spacial score (nSPS) is 16.2. The maximum atomic E-state index is 12.2. The standard InChI is InChI=1S/C19H18ClN3O/c1-11-5-6-17-15(7-11)16-9-14(10-18(16)23-17)22-19(24)21-13-4-2-3-12(20)8-13/h2-8,14,23H,9-10H2,1H3,(H2,21,22,24). The largest absolute Gasteiger partial charge is 0.358 e. The van der Waals surface area contributed by atoms with E-state index in [2.05, 4.69) is 40.7 Å². The topological polar surface area (TPSA) is 56.9 Å². The van der Waals surface area contributed by atoms with Crippen molar-refractivity contribution in [1.82, 2.24) is 10.3 Å². The van der Waals surface area contributed by atoms with Crippen LogP contribution in [0.4, 0.5) is 10.5 Å². The Morgan fingerprint density at radius 1 is 1.21 bits per heavy atom. The second-order valence-electron chi connectivity index (χ2n) is 6.35. The number of aromatic nitrogens is 1. The fourth-order valence-electron chi connectivity index (χ4n) is 3.41. The Bertz CT molecular complexity index is 932. The minimum atomic E-state index is -0.201. The molecular formula is C19H18ClN3O. The van der Waals surface area contributed by atoms with Crippen LogP contribution in [-0.4, -0.2) is 17.1 Å². The number of nitrogens with one attached hydrogen (secondary N) is 3. The van der Waals surface area contributed by atoms with Crippen LogP contribution in [0.2, 0.25) is 5.02 Å². The van der Waals surface area contributed by atoms with E-state index in [9.17, 15) is 4.79 Å². The van der Waals surface area contributed by atoms with E-state index in [1.165, 1.54) is 27.7 Å². The molecule has 0 spiro atoms. The molecule has 0 aliphatic heterocycles. The predicted octanol–water partition coefficient (Wildman–Crippen LogP) is 4.42. The zero-order valence-corrected chi connectivity index (χ0v) is 14.1. The molecule has 0 fully saturated rings. The molecule has 2 aromatic carbocycles. The number of urea groups is 1. The molecule has 0 radical (unpaired) electrons. The number of carbonyl (C=O) groups excluding carboxylic acids is 1. The van der Waals surface area contributed by atoms with Crippen molar-refractivity contribution in [2.75, 3.05) is 5.32 Å². The van der Waals surface area contributed by atoms with Gasteiger partial charge < -0.3 is 15.6 Å². The first-order valence-corrected chi connectivity index (χ1v) is 8.39. The number of H-pyrrole nitrogens is 1. The Morgan fingerprint density at radius 2 is 2.08 bits per heavy atom. The maximum absolute atomic E-state index is 12.2. The van der Waals surface area contributed by atoms with Crippen LogP contribution in [0.5, 0.6) is 0 Å². The molecule has 2 amide bonds. The number of aryl methyl sites for hydroxylation is 1. The molecule has 0 saturated heterocycles. The van der Waals surface area contributed by atoms with Gasteiger partial charge >= 0.3 is 6.03 Å². The second-order valence-corrected chi connectivity index (χ2v) is 6.78. The summed E-state index contributed by atoms with van der Waals surface area (Å²) < 4.78 is 0. The van der Waals surface area contributed by atoms with Gasteiger partial charge in [0.05, 0.1) is 0 Å². The first-order valence-electron chi connectivity index (χ1n) is 8.01. The fourth-order valence-corrected chi connectivity index (χ4v) is 3.60. The number of hydrogen-bond acceptors (Lipinski definition) is 1. The van der Waals surface area contributed by atoms with Crippen molar-refractivity contribution >= 4 is 34.2 Å². The Labute approximate surface area is 145 Å². The highest BCUT2D eigenvalue weighted by atomic mass is 35.5. The van der Waals surface area contributed by atoms with Crippen LogP contribution in [0.3, 0.4) is 0 Å². The Hall–Kier alpha value is -2.46. The summed E-state index contributed by atoms with van der Waals surface area (Å²) in [5.41, 5.74) is 5.66. The molecule has 1 aliphatic carbocycles. The van der Waals surface area contributed by atoms with Gasteiger partial charge in [-0.2, -0.15) is 0 Å². The molecule has 4 rings (SSSR count). The quantitative estimate of drug-likeness (QED) is 0.636. The molecule has 1 aliphatic rings. The van der Waals surface area contributed by atoms with Crippen molar-refractivity contribution in [3.05, 3.63) is 64.3 Å². The number of halogens is 1. The van der Waals surface area contributed by atoms with Crippen LogP contribution in [0.1, 0.15) is 16.8 Å². The van der Waals surface area contributed by atoms with Gasteiger partial charge in [0.1, 0.15) is 0 Å². The summed E-state index contributed by atoms with van der Waals surface area (Å²) in [6, 6.07) is 13.5. The lowest BCUT2D eigenvalue weighted by Crippen LogP contribution is -2.38. The van der Waals surface area contributed by atoms with E-state index in [1.807, 2.05) is 12.1 Å². The van der Waals surface area contributed by atoms with Gasteiger partial charge in [-0.1, -0.05) is 29.3 Å². The molecule has 0 saturated carbocycles. The fraction of sp³-hybridized carbons (Fsp3) is 0.211. The van der Waals surface area contributed by atoms with Crippen molar-refractivity contribution in [2.24, 2.45) is 0 Å². The van der Waals surface area contributed by atoms with E-state index in [4.69, 9.17) is 11.6 Å². The SMILES string of the molecule is Cc1ccc2[nH]c3c(c2c1)CC(NC(=O)Nc1cccc(Cl)c1)C3. The summed E-state index contributed by atoms with van der Waals surface area (Å²) in [6.07, 6.45) is 1.67. The van der Waals surface area contributed by atoms with E-state index in [0.29, 0.717) is 10.7 Å². The summed E-state index contributed by atoms with van der Waals surface area (Å²) in [5, 5.41) is 7.75. The third kappa shape index (κ3) is 2.85. The van der Waals surface area contributed by atoms with Gasteiger partial charge in [0.25, 0.3) is 0 Å². The molecule has 24 heavy (non-hydrogen) atoms. The molecule has 3 aromatic rings. The zero-order valence-electron chi connectivity index (χ0n) is 13.3. The highest BCUT2D eigenvalue weighted by Crippen LogP contribution is 2.30. The van der Waals surface area contributed by atoms with Gasteiger partial charge in [0.2, 0.25) is 0 Å². The average Bonchev–Trinajstić information content (AvgIpc) is 3.04. The number of anilines is 1. The van der Waals surface area contributed by atoms with Crippen LogP contribution in [0.25, 0.3) is 10.9 Å².